The molecule has 1 aromatic carbocycles. The molecule has 0 saturated heterocycles. The molecule has 1 N–H and O–H groups in total. The van der Waals surface area contributed by atoms with Crippen LogP contribution in [-0.2, 0) is 0 Å². The number of H-pyrrole nitrogens is 1. The Balaban J connectivity index is 2.24. The van der Waals surface area contributed by atoms with Gasteiger partial charge in [0, 0.05) is 22.4 Å². The van der Waals surface area contributed by atoms with Gasteiger partial charge in [-0.15, -0.1) is 0 Å². The molecule has 0 fully saturated rings. The summed E-state index contributed by atoms with van der Waals surface area (Å²) in [5, 5.41) is 0. The number of halogens is 1. The summed E-state index contributed by atoms with van der Waals surface area (Å²) in [7, 11) is 0. The van der Waals surface area contributed by atoms with E-state index in [-0.39, 0.29) is 11.1 Å². The Morgan fingerprint density at radius 3 is 2.56 bits per heavy atom. The molecular weight excluding hydrogens is 296 g/mol. The van der Waals surface area contributed by atoms with E-state index in [4.69, 9.17) is 0 Å². The molecular formula is C12H7BrN4O. The first-order chi connectivity index (χ1) is 8.74. The maximum Gasteiger partial charge on any atom is 0.279 e. The fourth-order valence-electron chi connectivity index (χ4n) is 1.62. The molecule has 3 aromatic rings. The summed E-state index contributed by atoms with van der Waals surface area (Å²) < 4.78 is 0.967. The van der Waals surface area contributed by atoms with Gasteiger partial charge in [0.15, 0.2) is 11.2 Å². The first-order valence-corrected chi connectivity index (χ1v) is 6.00. The summed E-state index contributed by atoms with van der Waals surface area (Å²) in [6, 6.07) is 7.50. The van der Waals surface area contributed by atoms with Gasteiger partial charge in [0.2, 0.25) is 0 Å². The van der Waals surface area contributed by atoms with Gasteiger partial charge < -0.3 is 4.98 Å². The molecule has 0 aliphatic rings. The first kappa shape index (κ1) is 11.0. The van der Waals surface area contributed by atoms with E-state index >= 15 is 0 Å². The van der Waals surface area contributed by atoms with E-state index in [9.17, 15) is 4.79 Å². The lowest BCUT2D eigenvalue weighted by atomic mass is 10.2. The van der Waals surface area contributed by atoms with E-state index in [2.05, 4.69) is 35.9 Å². The van der Waals surface area contributed by atoms with Crippen molar-refractivity contribution in [3.63, 3.8) is 0 Å². The second-order valence-electron chi connectivity index (χ2n) is 3.65. The molecule has 0 aliphatic heterocycles. The Morgan fingerprint density at radius 2 is 1.78 bits per heavy atom. The molecule has 0 aliphatic carbocycles. The van der Waals surface area contributed by atoms with E-state index in [1.54, 1.807) is 0 Å². The summed E-state index contributed by atoms with van der Waals surface area (Å²) in [5.41, 5.74) is 1.13. The number of hydrogen-bond donors (Lipinski definition) is 1. The van der Waals surface area contributed by atoms with Gasteiger partial charge in [0.25, 0.3) is 5.56 Å². The first-order valence-electron chi connectivity index (χ1n) is 5.21. The van der Waals surface area contributed by atoms with Crippen LogP contribution in [-0.4, -0.2) is 19.9 Å². The third-order valence-corrected chi connectivity index (χ3v) is 2.99. The fraction of sp³-hybridized carbons (Fsp3) is 0. The molecule has 88 valence electrons. The topological polar surface area (TPSA) is 71.5 Å². The summed E-state index contributed by atoms with van der Waals surface area (Å²) in [4.78, 5) is 26.8. The van der Waals surface area contributed by atoms with E-state index in [0.717, 1.165) is 10.0 Å². The highest BCUT2D eigenvalue weighted by Gasteiger charge is 2.06. The molecule has 6 heteroatoms. The van der Waals surface area contributed by atoms with Crippen LogP contribution in [0.3, 0.4) is 0 Å². The number of benzene rings is 1. The molecule has 2 aromatic heterocycles. The Kier molecular flexibility index (Phi) is 2.64. The Bertz CT molecular complexity index is 767. The molecule has 0 radical (unpaired) electrons. The standard InChI is InChI=1S/C12H7BrN4O/c13-8-3-1-7(2-4-8)10-16-11-9(12(18)17-10)14-5-6-15-11/h1-6H,(H,15,16,17,18). The zero-order valence-electron chi connectivity index (χ0n) is 9.09. The number of fused-ring (bicyclic) bond motifs is 1. The van der Waals surface area contributed by atoms with Gasteiger partial charge in [0.1, 0.15) is 5.82 Å². The number of hydrogen-bond acceptors (Lipinski definition) is 4. The van der Waals surface area contributed by atoms with Crippen molar-refractivity contribution in [2.75, 3.05) is 0 Å². The average molecular weight is 303 g/mol. The van der Waals surface area contributed by atoms with E-state index in [1.807, 2.05) is 24.3 Å². The molecule has 0 atom stereocenters. The van der Waals surface area contributed by atoms with E-state index in [0.29, 0.717) is 11.5 Å². The highest BCUT2D eigenvalue weighted by atomic mass is 79.9. The van der Waals surface area contributed by atoms with Gasteiger partial charge in [-0.05, 0) is 12.1 Å². The van der Waals surface area contributed by atoms with Crippen LogP contribution in [0.2, 0.25) is 0 Å². The number of nitrogens with zero attached hydrogens (tertiary/aromatic N) is 3. The second-order valence-corrected chi connectivity index (χ2v) is 4.57. The third kappa shape index (κ3) is 1.91. The molecule has 18 heavy (non-hydrogen) atoms. The van der Waals surface area contributed by atoms with Crippen LogP contribution in [0.25, 0.3) is 22.6 Å². The highest BCUT2D eigenvalue weighted by molar-refractivity contribution is 9.10. The Morgan fingerprint density at radius 1 is 1.06 bits per heavy atom. The molecule has 0 saturated carbocycles. The van der Waals surface area contributed by atoms with Gasteiger partial charge in [-0.2, -0.15) is 0 Å². The molecule has 0 spiro atoms. The summed E-state index contributed by atoms with van der Waals surface area (Å²) in [6.07, 6.45) is 2.98. The molecule has 2 heterocycles. The number of nitrogens with one attached hydrogen (secondary N) is 1. The van der Waals surface area contributed by atoms with Crippen LogP contribution in [0.15, 0.2) is 45.9 Å². The SMILES string of the molecule is O=c1[nH]c(-c2ccc(Br)cc2)nc2nccnc12. The van der Waals surface area contributed by atoms with Crippen molar-refractivity contribution in [3.8, 4) is 11.4 Å². The van der Waals surface area contributed by atoms with Crippen molar-refractivity contribution in [2.24, 2.45) is 0 Å². The fourth-order valence-corrected chi connectivity index (χ4v) is 1.88. The Hall–Kier alpha value is -2.08. The van der Waals surface area contributed by atoms with E-state index < -0.39 is 0 Å². The van der Waals surface area contributed by atoms with Crippen LogP contribution in [0.4, 0.5) is 0 Å². The van der Waals surface area contributed by atoms with Crippen molar-refractivity contribution in [1.82, 2.24) is 19.9 Å². The lowest BCUT2D eigenvalue weighted by Crippen LogP contribution is -2.11. The van der Waals surface area contributed by atoms with Crippen LogP contribution in [0.5, 0.6) is 0 Å². The van der Waals surface area contributed by atoms with Gasteiger partial charge >= 0.3 is 0 Å². The third-order valence-electron chi connectivity index (χ3n) is 2.46. The zero-order valence-corrected chi connectivity index (χ0v) is 10.7. The predicted octanol–water partition coefficient (Wildman–Crippen LogP) is 2.14. The normalized spacial score (nSPS) is 10.7. The van der Waals surface area contributed by atoms with E-state index in [1.165, 1.54) is 12.4 Å². The van der Waals surface area contributed by atoms with Crippen molar-refractivity contribution in [2.45, 2.75) is 0 Å². The van der Waals surface area contributed by atoms with Gasteiger partial charge in [-0.25, -0.2) is 15.0 Å². The minimum absolute atomic E-state index is 0.248. The molecule has 0 unspecified atom stereocenters. The van der Waals surface area contributed by atoms with Gasteiger partial charge in [0.05, 0.1) is 0 Å². The lowest BCUT2D eigenvalue weighted by Gasteiger charge is -2.02. The molecule has 3 rings (SSSR count). The van der Waals surface area contributed by atoms with Crippen molar-refractivity contribution >= 4 is 27.1 Å². The van der Waals surface area contributed by atoms with Crippen LogP contribution in [0.1, 0.15) is 0 Å². The minimum Gasteiger partial charge on any atom is -0.305 e. The van der Waals surface area contributed by atoms with Crippen molar-refractivity contribution in [1.29, 1.82) is 0 Å². The lowest BCUT2D eigenvalue weighted by molar-refractivity contribution is 1.12. The minimum atomic E-state index is -0.286. The van der Waals surface area contributed by atoms with Crippen LogP contribution < -0.4 is 5.56 Å². The quantitative estimate of drug-likeness (QED) is 0.747. The molecule has 0 amide bonds. The van der Waals surface area contributed by atoms with Crippen molar-refractivity contribution in [3.05, 3.63) is 51.5 Å². The average Bonchev–Trinajstić information content (AvgIpc) is 2.39. The monoisotopic (exact) mass is 302 g/mol. The number of rotatable bonds is 1. The summed E-state index contributed by atoms with van der Waals surface area (Å²) >= 11 is 3.36. The number of aromatic amines is 1. The second kappa shape index (κ2) is 4.30. The smallest absolute Gasteiger partial charge is 0.279 e. The van der Waals surface area contributed by atoms with Gasteiger partial charge in [-0.1, -0.05) is 28.1 Å². The Labute approximate surface area is 110 Å². The number of aromatic nitrogens is 4. The molecule has 5 nitrogen and oxygen atoms in total. The zero-order chi connectivity index (χ0) is 12.5. The van der Waals surface area contributed by atoms with Gasteiger partial charge in [-0.3, -0.25) is 4.79 Å². The summed E-state index contributed by atoms with van der Waals surface area (Å²) in [6.45, 7) is 0. The van der Waals surface area contributed by atoms with Crippen LogP contribution >= 0.6 is 15.9 Å². The summed E-state index contributed by atoms with van der Waals surface area (Å²) in [5.74, 6) is 0.487. The maximum atomic E-state index is 11.8. The maximum absolute atomic E-state index is 11.8. The largest absolute Gasteiger partial charge is 0.305 e. The molecule has 0 bridgehead atoms. The van der Waals surface area contributed by atoms with Crippen molar-refractivity contribution < 1.29 is 0 Å². The highest BCUT2D eigenvalue weighted by Crippen LogP contribution is 2.18. The predicted molar refractivity (Wildman–Crippen MR) is 71.1 cm³/mol. The van der Waals surface area contributed by atoms with Crippen LogP contribution in [0, 0.1) is 0 Å².